The average molecular weight is 202 g/mol. The van der Waals surface area contributed by atoms with E-state index in [1.54, 1.807) is 13.8 Å². The number of hydrogen-bond donors (Lipinski definition) is 3. The monoisotopic (exact) mass is 202 g/mol. The summed E-state index contributed by atoms with van der Waals surface area (Å²) in [7, 11) is 0. The van der Waals surface area contributed by atoms with Crippen molar-refractivity contribution in [2.24, 2.45) is 0 Å². The lowest BCUT2D eigenvalue weighted by Crippen LogP contribution is -2.52. The Balaban J connectivity index is 3.97. The van der Waals surface area contributed by atoms with E-state index in [0.29, 0.717) is 0 Å². The van der Waals surface area contributed by atoms with Gasteiger partial charge in [-0.05, 0) is 26.7 Å². The first-order valence-electron chi connectivity index (χ1n) is 5.14. The van der Waals surface area contributed by atoms with Crippen LogP contribution in [0.3, 0.4) is 0 Å². The zero-order valence-electron chi connectivity index (χ0n) is 9.55. The first kappa shape index (κ1) is 13.2. The Hall–Kier alpha value is -0.770. The Morgan fingerprint density at radius 1 is 1.36 bits per heavy atom. The fourth-order valence-corrected chi connectivity index (χ4v) is 1.06. The van der Waals surface area contributed by atoms with Crippen molar-refractivity contribution in [3.05, 3.63) is 0 Å². The molecule has 0 radical (unpaired) electrons. The number of hydrogen-bond acceptors (Lipinski definition) is 2. The van der Waals surface area contributed by atoms with Crippen LogP contribution in [-0.2, 0) is 0 Å². The normalized spacial score (nSPS) is 11.6. The SMILES string of the molecule is CCC(CC)NC(=O)NC(C)(C)CO. The third kappa shape index (κ3) is 5.07. The lowest BCUT2D eigenvalue weighted by atomic mass is 10.1. The summed E-state index contributed by atoms with van der Waals surface area (Å²) in [6.45, 7) is 7.56. The molecule has 4 nitrogen and oxygen atoms in total. The first-order valence-corrected chi connectivity index (χ1v) is 5.14. The van der Waals surface area contributed by atoms with Gasteiger partial charge in [0, 0.05) is 6.04 Å². The number of nitrogens with one attached hydrogen (secondary N) is 2. The van der Waals surface area contributed by atoms with Gasteiger partial charge in [0.15, 0.2) is 0 Å². The first-order chi connectivity index (χ1) is 6.45. The molecule has 0 unspecified atom stereocenters. The van der Waals surface area contributed by atoms with Crippen molar-refractivity contribution in [2.75, 3.05) is 6.61 Å². The van der Waals surface area contributed by atoms with Gasteiger partial charge in [-0.15, -0.1) is 0 Å². The molecule has 3 N–H and O–H groups in total. The summed E-state index contributed by atoms with van der Waals surface area (Å²) < 4.78 is 0. The van der Waals surface area contributed by atoms with E-state index in [2.05, 4.69) is 10.6 Å². The lowest BCUT2D eigenvalue weighted by Gasteiger charge is -2.25. The quantitative estimate of drug-likeness (QED) is 0.628. The number of carbonyl (C=O) groups excluding carboxylic acids is 1. The molecule has 0 heterocycles. The van der Waals surface area contributed by atoms with E-state index in [1.807, 2.05) is 13.8 Å². The molecule has 0 aliphatic heterocycles. The number of aliphatic hydroxyl groups excluding tert-OH is 1. The minimum Gasteiger partial charge on any atom is -0.394 e. The minimum absolute atomic E-state index is 0.0661. The second-order valence-electron chi connectivity index (χ2n) is 4.15. The summed E-state index contributed by atoms with van der Waals surface area (Å²) in [5.41, 5.74) is -0.559. The molecule has 0 aliphatic rings. The summed E-state index contributed by atoms with van der Waals surface area (Å²) >= 11 is 0. The molecule has 0 aromatic heterocycles. The maximum Gasteiger partial charge on any atom is 0.315 e. The molecule has 4 heteroatoms. The number of aliphatic hydroxyl groups is 1. The van der Waals surface area contributed by atoms with Crippen molar-refractivity contribution in [2.45, 2.75) is 52.1 Å². The molecule has 0 saturated heterocycles. The van der Waals surface area contributed by atoms with E-state index in [0.717, 1.165) is 12.8 Å². The molecule has 2 amide bonds. The van der Waals surface area contributed by atoms with Crippen molar-refractivity contribution in [3.63, 3.8) is 0 Å². The topological polar surface area (TPSA) is 61.4 Å². The van der Waals surface area contributed by atoms with Gasteiger partial charge < -0.3 is 15.7 Å². The molecule has 0 rings (SSSR count). The standard InChI is InChI=1S/C10H22N2O2/c1-5-8(6-2)11-9(14)12-10(3,4)7-13/h8,13H,5-7H2,1-4H3,(H2,11,12,14). The summed E-state index contributed by atoms with van der Waals surface area (Å²) in [5, 5.41) is 14.5. The van der Waals surface area contributed by atoms with Crippen molar-refractivity contribution < 1.29 is 9.90 Å². The number of amides is 2. The van der Waals surface area contributed by atoms with Crippen LogP contribution in [0.25, 0.3) is 0 Å². The molecule has 0 spiro atoms. The molecule has 0 aliphatic carbocycles. The van der Waals surface area contributed by atoms with Crippen molar-refractivity contribution in [3.8, 4) is 0 Å². The molecule has 84 valence electrons. The average Bonchev–Trinajstić information content (AvgIpc) is 2.13. The van der Waals surface area contributed by atoms with Crippen LogP contribution in [0.4, 0.5) is 4.79 Å². The van der Waals surface area contributed by atoms with Gasteiger partial charge in [0.25, 0.3) is 0 Å². The molecular formula is C10H22N2O2. The predicted octanol–water partition coefficient (Wildman–Crippen LogP) is 1.25. The van der Waals surface area contributed by atoms with Crippen molar-refractivity contribution in [1.29, 1.82) is 0 Å². The highest BCUT2D eigenvalue weighted by Crippen LogP contribution is 2.00. The van der Waals surface area contributed by atoms with Crippen molar-refractivity contribution >= 4 is 6.03 Å². The highest BCUT2D eigenvalue weighted by Gasteiger charge is 2.19. The maximum absolute atomic E-state index is 11.4. The van der Waals surface area contributed by atoms with Crippen molar-refractivity contribution in [1.82, 2.24) is 10.6 Å². The predicted molar refractivity (Wildman–Crippen MR) is 57.2 cm³/mol. The van der Waals surface area contributed by atoms with E-state index >= 15 is 0 Å². The summed E-state index contributed by atoms with van der Waals surface area (Å²) in [5.74, 6) is 0. The Labute approximate surface area is 86.1 Å². The molecule has 14 heavy (non-hydrogen) atoms. The Bertz CT molecular complexity index is 177. The van der Waals surface area contributed by atoms with E-state index < -0.39 is 5.54 Å². The fourth-order valence-electron chi connectivity index (χ4n) is 1.06. The van der Waals surface area contributed by atoms with E-state index in [-0.39, 0.29) is 18.7 Å². The molecule has 0 fully saturated rings. The van der Waals surface area contributed by atoms with Gasteiger partial charge in [0.1, 0.15) is 0 Å². The number of urea groups is 1. The second kappa shape index (κ2) is 5.86. The minimum atomic E-state index is -0.559. The van der Waals surface area contributed by atoms with E-state index in [1.165, 1.54) is 0 Å². The highest BCUT2D eigenvalue weighted by molar-refractivity contribution is 5.75. The van der Waals surface area contributed by atoms with Crippen LogP contribution >= 0.6 is 0 Å². The fraction of sp³-hybridized carbons (Fsp3) is 0.900. The zero-order valence-corrected chi connectivity index (χ0v) is 9.55. The van der Waals surface area contributed by atoms with Gasteiger partial charge >= 0.3 is 6.03 Å². The van der Waals surface area contributed by atoms with Crippen LogP contribution in [0.1, 0.15) is 40.5 Å². The molecule has 0 saturated carbocycles. The zero-order chi connectivity index (χ0) is 11.2. The number of rotatable bonds is 5. The van der Waals surface area contributed by atoms with Crippen LogP contribution in [0.5, 0.6) is 0 Å². The third-order valence-electron chi connectivity index (χ3n) is 2.17. The van der Waals surface area contributed by atoms with Crippen LogP contribution in [-0.4, -0.2) is 29.3 Å². The van der Waals surface area contributed by atoms with Gasteiger partial charge in [-0.1, -0.05) is 13.8 Å². The van der Waals surface area contributed by atoms with Gasteiger partial charge in [0.2, 0.25) is 0 Å². The smallest absolute Gasteiger partial charge is 0.315 e. The van der Waals surface area contributed by atoms with Crippen LogP contribution < -0.4 is 10.6 Å². The lowest BCUT2D eigenvalue weighted by molar-refractivity contribution is 0.180. The highest BCUT2D eigenvalue weighted by atomic mass is 16.3. The third-order valence-corrected chi connectivity index (χ3v) is 2.17. The van der Waals surface area contributed by atoms with E-state index in [9.17, 15) is 4.79 Å². The van der Waals surface area contributed by atoms with Gasteiger partial charge in [-0.3, -0.25) is 0 Å². The molecule has 0 aromatic rings. The molecule has 0 atom stereocenters. The van der Waals surface area contributed by atoms with Crippen LogP contribution in [0.15, 0.2) is 0 Å². The number of carbonyl (C=O) groups is 1. The second-order valence-corrected chi connectivity index (χ2v) is 4.15. The Morgan fingerprint density at radius 3 is 2.21 bits per heavy atom. The van der Waals surface area contributed by atoms with Crippen LogP contribution in [0.2, 0.25) is 0 Å². The maximum atomic E-state index is 11.4. The summed E-state index contributed by atoms with van der Waals surface area (Å²) in [4.78, 5) is 11.4. The summed E-state index contributed by atoms with van der Waals surface area (Å²) in [6, 6.07) is 0.00208. The largest absolute Gasteiger partial charge is 0.394 e. The van der Waals surface area contributed by atoms with Gasteiger partial charge in [0.05, 0.1) is 12.1 Å². The molecule has 0 aromatic carbocycles. The van der Waals surface area contributed by atoms with Gasteiger partial charge in [-0.25, -0.2) is 4.79 Å². The Kier molecular flexibility index (Phi) is 5.53. The summed E-state index contributed by atoms with van der Waals surface area (Å²) in [6.07, 6.45) is 1.84. The van der Waals surface area contributed by atoms with Crippen LogP contribution in [0, 0.1) is 0 Å². The van der Waals surface area contributed by atoms with E-state index in [4.69, 9.17) is 5.11 Å². The molecule has 0 bridgehead atoms. The Morgan fingerprint density at radius 2 is 1.86 bits per heavy atom. The molecular weight excluding hydrogens is 180 g/mol. The van der Waals surface area contributed by atoms with Gasteiger partial charge in [-0.2, -0.15) is 0 Å².